The number of hydrogen-bond acceptors (Lipinski definition) is 4. The van der Waals surface area contributed by atoms with Gasteiger partial charge in [-0.2, -0.15) is 13.2 Å². The van der Waals surface area contributed by atoms with Crippen molar-refractivity contribution >= 4 is 15.5 Å². The van der Waals surface area contributed by atoms with Crippen LogP contribution in [-0.4, -0.2) is 39.7 Å². The standard InChI is InChI=1S/C14H15F4NO3S/c1-2-7-22-11-5-6-19(9-11)12-4-3-10(15)8-13(12)23(20,21)14(16,17)18/h2-4,8,11H,1,5-7,9H2. The molecule has 1 saturated heterocycles. The second kappa shape index (κ2) is 6.48. The van der Waals surface area contributed by atoms with E-state index < -0.39 is 26.1 Å². The van der Waals surface area contributed by atoms with Gasteiger partial charge in [0, 0.05) is 13.1 Å². The molecule has 1 aromatic rings. The van der Waals surface area contributed by atoms with Crippen LogP contribution in [0, 0.1) is 5.82 Å². The number of sulfone groups is 1. The molecule has 0 N–H and O–H groups in total. The lowest BCUT2D eigenvalue weighted by Crippen LogP contribution is -2.28. The summed E-state index contributed by atoms with van der Waals surface area (Å²) in [6.07, 6.45) is 1.82. The predicted octanol–water partition coefficient (Wildman–Crippen LogP) is 2.90. The monoisotopic (exact) mass is 353 g/mol. The lowest BCUT2D eigenvalue weighted by molar-refractivity contribution is -0.0435. The SMILES string of the molecule is C=CCOC1CCN(c2ccc(F)cc2S(=O)(=O)C(F)(F)F)C1. The Labute approximate surface area is 131 Å². The molecule has 23 heavy (non-hydrogen) atoms. The number of nitrogens with zero attached hydrogens (tertiary/aromatic N) is 1. The smallest absolute Gasteiger partial charge is 0.372 e. The third-order valence-corrected chi connectivity index (χ3v) is 4.97. The minimum Gasteiger partial charge on any atom is -0.372 e. The molecular weight excluding hydrogens is 338 g/mol. The normalized spacial score (nSPS) is 19.1. The van der Waals surface area contributed by atoms with Crippen molar-refractivity contribution in [3.63, 3.8) is 0 Å². The van der Waals surface area contributed by atoms with Crippen LogP contribution in [0.5, 0.6) is 0 Å². The first-order chi connectivity index (χ1) is 10.7. The van der Waals surface area contributed by atoms with E-state index in [1.165, 1.54) is 4.90 Å². The Balaban J connectivity index is 2.36. The van der Waals surface area contributed by atoms with Gasteiger partial charge in [0.2, 0.25) is 0 Å². The number of benzene rings is 1. The molecule has 0 bridgehead atoms. The highest BCUT2D eigenvalue weighted by atomic mass is 32.2. The summed E-state index contributed by atoms with van der Waals surface area (Å²) in [5.41, 5.74) is -5.66. The fourth-order valence-electron chi connectivity index (χ4n) is 2.38. The van der Waals surface area contributed by atoms with Gasteiger partial charge in [-0.05, 0) is 24.6 Å². The topological polar surface area (TPSA) is 46.6 Å². The van der Waals surface area contributed by atoms with Crippen molar-refractivity contribution in [2.45, 2.75) is 22.9 Å². The quantitative estimate of drug-likeness (QED) is 0.603. The number of alkyl halides is 3. The molecular formula is C14H15F4NO3S. The fraction of sp³-hybridized carbons (Fsp3) is 0.429. The van der Waals surface area contributed by atoms with Crippen LogP contribution in [0.25, 0.3) is 0 Å². The summed E-state index contributed by atoms with van der Waals surface area (Å²) in [5.74, 6) is -1.05. The summed E-state index contributed by atoms with van der Waals surface area (Å²) < 4.78 is 80.5. The van der Waals surface area contributed by atoms with Crippen LogP contribution in [0.3, 0.4) is 0 Å². The predicted molar refractivity (Wildman–Crippen MR) is 76.4 cm³/mol. The highest BCUT2D eigenvalue weighted by Crippen LogP contribution is 2.37. The summed E-state index contributed by atoms with van der Waals surface area (Å²) in [6, 6.07) is 2.38. The molecule has 1 heterocycles. The third-order valence-electron chi connectivity index (χ3n) is 3.45. The van der Waals surface area contributed by atoms with Gasteiger partial charge in [0.1, 0.15) is 10.7 Å². The molecule has 1 aliphatic heterocycles. The Morgan fingerprint density at radius 3 is 2.70 bits per heavy atom. The van der Waals surface area contributed by atoms with Gasteiger partial charge in [0.05, 0.1) is 18.4 Å². The van der Waals surface area contributed by atoms with Crippen molar-refractivity contribution in [3.8, 4) is 0 Å². The second-order valence-corrected chi connectivity index (χ2v) is 6.95. The minimum atomic E-state index is -5.64. The Bertz CT molecular complexity index is 688. The van der Waals surface area contributed by atoms with E-state index in [1.807, 2.05) is 0 Å². The summed E-state index contributed by atoms with van der Waals surface area (Å²) >= 11 is 0. The van der Waals surface area contributed by atoms with Crippen LogP contribution in [0.15, 0.2) is 35.7 Å². The van der Waals surface area contributed by atoms with Crippen LogP contribution in [0.2, 0.25) is 0 Å². The van der Waals surface area contributed by atoms with Crippen molar-refractivity contribution in [1.29, 1.82) is 0 Å². The van der Waals surface area contributed by atoms with Gasteiger partial charge in [-0.3, -0.25) is 0 Å². The molecule has 0 aliphatic carbocycles. The molecule has 1 aromatic carbocycles. The molecule has 0 amide bonds. The molecule has 0 aromatic heterocycles. The molecule has 0 saturated carbocycles. The summed E-state index contributed by atoms with van der Waals surface area (Å²) in [4.78, 5) is 0.376. The first-order valence-corrected chi connectivity index (χ1v) is 8.23. The molecule has 128 valence electrons. The number of halogens is 4. The zero-order chi connectivity index (χ0) is 17.3. The lowest BCUT2D eigenvalue weighted by Gasteiger charge is -2.22. The number of rotatable bonds is 5. The van der Waals surface area contributed by atoms with E-state index in [-0.39, 0.29) is 24.9 Å². The second-order valence-electron chi connectivity index (χ2n) is 5.04. The highest BCUT2D eigenvalue weighted by molar-refractivity contribution is 7.92. The summed E-state index contributed by atoms with van der Waals surface area (Å²) in [6.45, 7) is 4.32. The van der Waals surface area contributed by atoms with Gasteiger partial charge in [-0.15, -0.1) is 6.58 Å². The van der Waals surface area contributed by atoms with Crippen LogP contribution < -0.4 is 4.90 Å². The molecule has 0 spiro atoms. The molecule has 1 aliphatic rings. The number of anilines is 1. The summed E-state index contributed by atoms with van der Waals surface area (Å²) in [7, 11) is -5.64. The van der Waals surface area contributed by atoms with Crippen LogP contribution in [-0.2, 0) is 14.6 Å². The van der Waals surface area contributed by atoms with Gasteiger partial charge in [0.15, 0.2) is 0 Å². The molecule has 4 nitrogen and oxygen atoms in total. The van der Waals surface area contributed by atoms with E-state index in [0.717, 1.165) is 12.1 Å². The Hall–Kier alpha value is -1.61. The van der Waals surface area contributed by atoms with E-state index in [1.54, 1.807) is 6.08 Å². The molecule has 9 heteroatoms. The van der Waals surface area contributed by atoms with Crippen molar-refractivity contribution in [1.82, 2.24) is 0 Å². The van der Waals surface area contributed by atoms with Crippen LogP contribution in [0.1, 0.15) is 6.42 Å². The average Bonchev–Trinajstić information content (AvgIpc) is 2.92. The highest BCUT2D eigenvalue weighted by Gasteiger charge is 2.48. The lowest BCUT2D eigenvalue weighted by atomic mass is 10.3. The minimum absolute atomic E-state index is 0.173. The largest absolute Gasteiger partial charge is 0.501 e. The summed E-state index contributed by atoms with van der Waals surface area (Å²) in [5, 5.41) is 0. The van der Waals surface area contributed by atoms with Crippen molar-refractivity contribution in [2.24, 2.45) is 0 Å². The number of hydrogen-bond donors (Lipinski definition) is 0. The first kappa shape index (κ1) is 17.7. The molecule has 2 rings (SSSR count). The van der Waals surface area contributed by atoms with Crippen molar-refractivity contribution in [3.05, 3.63) is 36.7 Å². The van der Waals surface area contributed by atoms with E-state index in [9.17, 15) is 26.0 Å². The maximum absolute atomic E-state index is 13.3. The van der Waals surface area contributed by atoms with E-state index in [4.69, 9.17) is 4.74 Å². The van der Waals surface area contributed by atoms with Gasteiger partial charge >= 0.3 is 5.51 Å². The van der Waals surface area contributed by atoms with Crippen LogP contribution in [0.4, 0.5) is 23.2 Å². The molecule has 1 unspecified atom stereocenters. The van der Waals surface area contributed by atoms with Crippen LogP contribution >= 0.6 is 0 Å². The average molecular weight is 353 g/mol. The van der Waals surface area contributed by atoms with Gasteiger partial charge in [-0.1, -0.05) is 6.08 Å². The van der Waals surface area contributed by atoms with Crippen molar-refractivity contribution in [2.75, 3.05) is 24.6 Å². The van der Waals surface area contributed by atoms with Gasteiger partial charge in [0.25, 0.3) is 9.84 Å². The first-order valence-electron chi connectivity index (χ1n) is 6.75. The van der Waals surface area contributed by atoms with Gasteiger partial charge in [-0.25, -0.2) is 12.8 Å². The third kappa shape index (κ3) is 3.66. The van der Waals surface area contributed by atoms with Gasteiger partial charge < -0.3 is 9.64 Å². The molecule has 0 radical (unpaired) electrons. The Kier molecular flexibility index (Phi) is 5.00. The molecule has 1 atom stereocenters. The van der Waals surface area contributed by atoms with E-state index in [2.05, 4.69) is 6.58 Å². The molecule has 1 fully saturated rings. The van der Waals surface area contributed by atoms with E-state index >= 15 is 0 Å². The zero-order valence-corrected chi connectivity index (χ0v) is 12.8. The number of ether oxygens (including phenoxy) is 1. The van der Waals surface area contributed by atoms with Crippen molar-refractivity contribution < 1.29 is 30.7 Å². The maximum Gasteiger partial charge on any atom is 0.501 e. The maximum atomic E-state index is 13.3. The fourth-order valence-corrected chi connectivity index (χ4v) is 3.37. The van der Waals surface area contributed by atoms with E-state index in [0.29, 0.717) is 19.0 Å². The Morgan fingerprint density at radius 2 is 2.09 bits per heavy atom. The Morgan fingerprint density at radius 1 is 1.39 bits per heavy atom. The zero-order valence-electron chi connectivity index (χ0n) is 12.0.